The minimum atomic E-state index is 0.00819. The smallest absolute Gasteiger partial charge is 0.221 e. The number of pyridine rings is 1. The monoisotopic (exact) mass is 271 g/mol. The Morgan fingerprint density at radius 2 is 2.05 bits per heavy atom. The molecule has 20 heavy (non-hydrogen) atoms. The van der Waals surface area contributed by atoms with E-state index in [1.807, 2.05) is 24.3 Å². The van der Waals surface area contributed by atoms with Crippen LogP contribution in [0.15, 0.2) is 30.5 Å². The predicted molar refractivity (Wildman–Crippen MR) is 79.7 cm³/mol. The van der Waals surface area contributed by atoms with Gasteiger partial charge in [0.05, 0.1) is 6.61 Å². The molecule has 3 nitrogen and oxygen atoms in total. The summed E-state index contributed by atoms with van der Waals surface area (Å²) in [6.45, 7) is 2.30. The van der Waals surface area contributed by atoms with E-state index in [4.69, 9.17) is 4.74 Å². The number of aromatic nitrogens is 1. The summed E-state index contributed by atoms with van der Waals surface area (Å²) in [4.78, 5) is 4.41. The molecule has 0 spiro atoms. The molecule has 1 aliphatic rings. The van der Waals surface area contributed by atoms with Crippen LogP contribution in [0.1, 0.15) is 38.2 Å². The number of benzene rings is 1. The molecule has 1 aromatic heterocycles. The molecule has 3 heteroatoms. The van der Waals surface area contributed by atoms with E-state index in [2.05, 4.69) is 11.9 Å². The molecule has 0 amide bonds. The Morgan fingerprint density at radius 3 is 2.80 bits per heavy atom. The van der Waals surface area contributed by atoms with Crippen LogP contribution in [0.2, 0.25) is 0 Å². The molecule has 106 valence electrons. The molecule has 1 N–H and O–H groups in total. The molecule has 2 aromatic rings. The summed E-state index contributed by atoms with van der Waals surface area (Å²) in [5.74, 6) is 1.44. The molecule has 2 unspecified atom stereocenters. The molecule has 0 radical (unpaired) electrons. The molecule has 1 saturated carbocycles. The second-order valence-electron chi connectivity index (χ2n) is 5.80. The first-order valence-electron chi connectivity index (χ1n) is 7.42. The summed E-state index contributed by atoms with van der Waals surface area (Å²) in [7, 11) is 0. The highest BCUT2D eigenvalue weighted by Gasteiger charge is 2.21. The molecule has 1 aromatic carbocycles. The molecule has 3 rings (SSSR count). The Labute approximate surface area is 119 Å². The third-order valence-corrected chi connectivity index (χ3v) is 4.18. The van der Waals surface area contributed by atoms with Crippen molar-refractivity contribution in [3.8, 4) is 5.88 Å². The van der Waals surface area contributed by atoms with Crippen molar-refractivity contribution in [2.75, 3.05) is 0 Å². The van der Waals surface area contributed by atoms with E-state index in [-0.39, 0.29) is 12.7 Å². The number of rotatable bonds is 3. The Morgan fingerprint density at radius 1 is 1.25 bits per heavy atom. The molecular weight excluding hydrogens is 250 g/mol. The van der Waals surface area contributed by atoms with Gasteiger partial charge in [-0.05, 0) is 36.6 Å². The summed E-state index contributed by atoms with van der Waals surface area (Å²) in [5, 5.41) is 11.4. The number of hydrogen-bond acceptors (Lipinski definition) is 3. The van der Waals surface area contributed by atoms with Crippen LogP contribution < -0.4 is 4.74 Å². The lowest BCUT2D eigenvalue weighted by molar-refractivity contribution is 0.126. The number of fused-ring (bicyclic) bond motifs is 1. The molecule has 0 aliphatic heterocycles. The quantitative estimate of drug-likeness (QED) is 0.926. The highest BCUT2D eigenvalue weighted by atomic mass is 16.5. The minimum Gasteiger partial charge on any atom is -0.474 e. The molecule has 2 atom stereocenters. The van der Waals surface area contributed by atoms with E-state index in [1.165, 1.54) is 12.8 Å². The standard InChI is InChI=1S/C17H21NO2/c1-12-5-4-6-14(9-12)20-17-16-8-3-2-7-15(16)13(11-19)10-18-17/h2-3,7-8,10,12,14,19H,4-6,9,11H2,1H3. The van der Waals surface area contributed by atoms with Crippen molar-refractivity contribution >= 4 is 10.8 Å². The fourth-order valence-electron chi connectivity index (χ4n) is 3.09. The molecule has 0 saturated heterocycles. The fourth-order valence-corrected chi connectivity index (χ4v) is 3.09. The molecule has 1 fully saturated rings. The van der Waals surface area contributed by atoms with Gasteiger partial charge in [-0.3, -0.25) is 0 Å². The average molecular weight is 271 g/mol. The number of hydrogen-bond donors (Lipinski definition) is 1. The Bertz CT molecular complexity index is 597. The molecular formula is C17H21NO2. The van der Waals surface area contributed by atoms with Gasteiger partial charge >= 0.3 is 0 Å². The van der Waals surface area contributed by atoms with Gasteiger partial charge in [-0.15, -0.1) is 0 Å². The topological polar surface area (TPSA) is 42.4 Å². The van der Waals surface area contributed by atoms with Crippen LogP contribution >= 0.6 is 0 Å². The lowest BCUT2D eigenvalue weighted by Gasteiger charge is -2.27. The maximum atomic E-state index is 9.40. The maximum Gasteiger partial charge on any atom is 0.221 e. The van der Waals surface area contributed by atoms with Crippen molar-refractivity contribution in [2.45, 2.75) is 45.3 Å². The number of aliphatic hydroxyl groups excluding tert-OH is 1. The van der Waals surface area contributed by atoms with Gasteiger partial charge in [-0.1, -0.05) is 31.5 Å². The van der Waals surface area contributed by atoms with E-state index in [0.717, 1.165) is 35.1 Å². The van der Waals surface area contributed by atoms with Crippen LogP contribution in [0.3, 0.4) is 0 Å². The second-order valence-corrected chi connectivity index (χ2v) is 5.80. The van der Waals surface area contributed by atoms with Crippen molar-refractivity contribution in [1.82, 2.24) is 4.98 Å². The summed E-state index contributed by atoms with van der Waals surface area (Å²) in [6.07, 6.45) is 6.76. The van der Waals surface area contributed by atoms with Crippen LogP contribution in [-0.2, 0) is 6.61 Å². The lowest BCUT2D eigenvalue weighted by atomic mass is 9.89. The number of ether oxygens (including phenoxy) is 1. The van der Waals surface area contributed by atoms with Crippen LogP contribution in [-0.4, -0.2) is 16.2 Å². The van der Waals surface area contributed by atoms with Crippen molar-refractivity contribution in [2.24, 2.45) is 5.92 Å². The van der Waals surface area contributed by atoms with Gasteiger partial charge in [-0.2, -0.15) is 0 Å². The minimum absolute atomic E-state index is 0.00819. The average Bonchev–Trinajstić information content (AvgIpc) is 2.48. The first-order valence-corrected chi connectivity index (χ1v) is 7.42. The molecule has 1 aliphatic carbocycles. The van der Waals surface area contributed by atoms with E-state index in [9.17, 15) is 5.11 Å². The highest BCUT2D eigenvalue weighted by molar-refractivity contribution is 5.89. The Kier molecular flexibility index (Phi) is 3.88. The number of nitrogens with zero attached hydrogens (tertiary/aromatic N) is 1. The fraction of sp³-hybridized carbons (Fsp3) is 0.471. The van der Waals surface area contributed by atoms with Crippen LogP contribution in [0.5, 0.6) is 5.88 Å². The summed E-state index contributed by atoms with van der Waals surface area (Å²) < 4.78 is 6.15. The van der Waals surface area contributed by atoms with Crippen LogP contribution in [0.4, 0.5) is 0 Å². The van der Waals surface area contributed by atoms with Gasteiger partial charge in [-0.25, -0.2) is 4.98 Å². The zero-order chi connectivity index (χ0) is 13.9. The van der Waals surface area contributed by atoms with E-state index >= 15 is 0 Å². The van der Waals surface area contributed by atoms with Crippen LogP contribution in [0.25, 0.3) is 10.8 Å². The third kappa shape index (κ3) is 2.63. The van der Waals surface area contributed by atoms with Crippen molar-refractivity contribution < 1.29 is 9.84 Å². The van der Waals surface area contributed by atoms with Gasteiger partial charge in [0.25, 0.3) is 0 Å². The zero-order valence-electron chi connectivity index (χ0n) is 11.9. The van der Waals surface area contributed by atoms with Gasteiger partial charge in [0.1, 0.15) is 6.10 Å². The summed E-state index contributed by atoms with van der Waals surface area (Å²) in [6, 6.07) is 8.00. The van der Waals surface area contributed by atoms with Gasteiger partial charge in [0.2, 0.25) is 5.88 Å². The van der Waals surface area contributed by atoms with Crippen molar-refractivity contribution in [3.05, 3.63) is 36.0 Å². The highest BCUT2D eigenvalue weighted by Crippen LogP contribution is 2.31. The SMILES string of the molecule is CC1CCCC(Oc2ncc(CO)c3ccccc23)C1. The van der Waals surface area contributed by atoms with Gasteiger partial charge in [0.15, 0.2) is 0 Å². The van der Waals surface area contributed by atoms with E-state index < -0.39 is 0 Å². The van der Waals surface area contributed by atoms with Gasteiger partial charge in [0, 0.05) is 17.1 Å². The van der Waals surface area contributed by atoms with Crippen LogP contribution in [0, 0.1) is 5.92 Å². The zero-order valence-corrected chi connectivity index (χ0v) is 11.9. The normalized spacial score (nSPS) is 22.9. The second kappa shape index (κ2) is 5.80. The van der Waals surface area contributed by atoms with E-state index in [1.54, 1.807) is 6.20 Å². The van der Waals surface area contributed by atoms with Crippen molar-refractivity contribution in [1.29, 1.82) is 0 Å². The molecule has 1 heterocycles. The first kappa shape index (κ1) is 13.4. The Hall–Kier alpha value is -1.61. The summed E-state index contributed by atoms with van der Waals surface area (Å²) in [5.41, 5.74) is 0.852. The largest absolute Gasteiger partial charge is 0.474 e. The number of aliphatic hydroxyl groups is 1. The summed E-state index contributed by atoms with van der Waals surface area (Å²) >= 11 is 0. The van der Waals surface area contributed by atoms with E-state index in [0.29, 0.717) is 5.88 Å². The van der Waals surface area contributed by atoms with Crippen molar-refractivity contribution in [3.63, 3.8) is 0 Å². The third-order valence-electron chi connectivity index (χ3n) is 4.18. The first-order chi connectivity index (χ1) is 9.78. The lowest BCUT2D eigenvalue weighted by Crippen LogP contribution is -2.24. The van der Waals surface area contributed by atoms with Gasteiger partial charge < -0.3 is 9.84 Å². The maximum absolute atomic E-state index is 9.40. The predicted octanol–water partition coefficient (Wildman–Crippen LogP) is 3.68. The molecule has 0 bridgehead atoms. The Balaban J connectivity index is 1.92.